The Labute approximate surface area is 183 Å². The summed E-state index contributed by atoms with van der Waals surface area (Å²) in [5.74, 6) is -0.113. The van der Waals surface area contributed by atoms with Crippen molar-refractivity contribution >= 4 is 33.6 Å². The first-order chi connectivity index (χ1) is 14.5. The highest BCUT2D eigenvalue weighted by Gasteiger charge is 2.20. The third-order valence-corrected chi connectivity index (χ3v) is 5.32. The Bertz CT molecular complexity index is 1230. The number of nitrogens with zero attached hydrogens (tertiary/aromatic N) is 5. The van der Waals surface area contributed by atoms with Crippen LogP contribution in [0, 0.1) is 6.92 Å². The minimum Gasteiger partial charge on any atom is -0.441 e. The molecule has 0 spiro atoms. The molecule has 3 aromatic heterocycles. The average molecular weight is 467 g/mol. The van der Waals surface area contributed by atoms with E-state index in [2.05, 4.69) is 25.4 Å². The lowest BCUT2D eigenvalue weighted by atomic mass is 10.2. The predicted octanol–water partition coefficient (Wildman–Crippen LogP) is 2.93. The van der Waals surface area contributed by atoms with E-state index >= 15 is 0 Å². The Hall–Kier alpha value is -3.09. The van der Waals surface area contributed by atoms with Gasteiger partial charge in [-0.05, 0) is 19.9 Å². The van der Waals surface area contributed by atoms with Crippen molar-refractivity contribution in [2.24, 2.45) is 7.05 Å². The van der Waals surface area contributed by atoms with Gasteiger partial charge in [-0.2, -0.15) is 13.5 Å². The number of amides is 1. The Balaban J connectivity index is 1.80. The number of aromatic nitrogens is 5. The number of nitrogens with one attached hydrogen (secondary N) is 1. The quantitative estimate of drug-likeness (QED) is 0.412. The second-order valence-electron chi connectivity index (χ2n) is 6.62. The summed E-state index contributed by atoms with van der Waals surface area (Å²) in [5.41, 5.74) is 1.57. The van der Waals surface area contributed by atoms with Gasteiger partial charge in [-0.3, -0.25) is 14.6 Å². The molecule has 164 valence electrons. The van der Waals surface area contributed by atoms with Crippen LogP contribution < -0.4 is 5.32 Å². The molecule has 0 unspecified atom stereocenters. The maximum atomic E-state index is 12.4. The van der Waals surface area contributed by atoms with Crippen LogP contribution >= 0.6 is 11.6 Å². The van der Waals surface area contributed by atoms with Gasteiger partial charge in [-0.15, -0.1) is 0 Å². The molecule has 1 amide bonds. The van der Waals surface area contributed by atoms with Gasteiger partial charge in [0.1, 0.15) is 22.8 Å². The molecule has 0 saturated carbocycles. The minimum absolute atomic E-state index is 0.211. The van der Waals surface area contributed by atoms with Gasteiger partial charge in [-0.1, -0.05) is 17.7 Å². The molecule has 3 rings (SSSR count). The Morgan fingerprint density at radius 3 is 2.74 bits per heavy atom. The van der Waals surface area contributed by atoms with Crippen LogP contribution in [0.5, 0.6) is 0 Å². The van der Waals surface area contributed by atoms with Crippen LogP contribution in [0.4, 0.5) is 10.6 Å². The molecule has 1 atom stereocenters. The van der Waals surface area contributed by atoms with E-state index in [1.807, 2.05) is 0 Å². The Morgan fingerprint density at radius 2 is 2.10 bits per heavy atom. The number of anilines is 1. The topological polar surface area (TPSA) is 149 Å². The SMILES string of the molecule is Cc1nc(-c2cnn(C)c2NC(=O)O[C@H](C)c2cccnc2Cl)ncc1CS(=O)(=O)O. The number of carbonyl (C=O) groups excluding carboxylic acids is 1. The summed E-state index contributed by atoms with van der Waals surface area (Å²) in [6.07, 6.45) is 2.87. The average Bonchev–Trinajstić information content (AvgIpc) is 3.03. The second-order valence-corrected chi connectivity index (χ2v) is 8.43. The summed E-state index contributed by atoms with van der Waals surface area (Å²) < 4.78 is 38.0. The zero-order chi connectivity index (χ0) is 22.8. The smallest absolute Gasteiger partial charge is 0.413 e. The van der Waals surface area contributed by atoms with Gasteiger partial charge in [0.05, 0.1) is 11.8 Å². The van der Waals surface area contributed by atoms with Crippen molar-refractivity contribution < 1.29 is 22.5 Å². The normalized spacial score (nSPS) is 12.4. The van der Waals surface area contributed by atoms with E-state index in [1.165, 1.54) is 23.3 Å². The largest absolute Gasteiger partial charge is 0.441 e. The van der Waals surface area contributed by atoms with E-state index in [4.69, 9.17) is 20.9 Å². The molecule has 0 saturated heterocycles. The zero-order valence-corrected chi connectivity index (χ0v) is 18.3. The van der Waals surface area contributed by atoms with Crippen molar-refractivity contribution in [3.05, 3.63) is 52.7 Å². The fourth-order valence-corrected chi connectivity index (χ4v) is 3.71. The molecule has 2 N–H and O–H groups in total. The summed E-state index contributed by atoms with van der Waals surface area (Å²) in [7, 11) is -2.61. The van der Waals surface area contributed by atoms with Crippen LogP contribution in [0.25, 0.3) is 11.4 Å². The van der Waals surface area contributed by atoms with Crippen molar-refractivity contribution in [3.8, 4) is 11.4 Å². The van der Waals surface area contributed by atoms with Crippen LogP contribution in [0.3, 0.4) is 0 Å². The standard InChI is InChI=1S/C18H19ClN6O5S/c1-10-12(9-31(27,28)29)7-21-16(23-10)14-8-22-25(3)17(14)24-18(26)30-11(2)13-5-4-6-20-15(13)19/h4-8,11H,9H2,1-3H3,(H,24,26)(H,27,28,29)/t11-/m1/s1. The van der Waals surface area contributed by atoms with Crippen molar-refractivity contribution in [2.75, 3.05) is 5.32 Å². The van der Waals surface area contributed by atoms with Crippen molar-refractivity contribution in [3.63, 3.8) is 0 Å². The van der Waals surface area contributed by atoms with E-state index in [0.717, 1.165) is 0 Å². The lowest BCUT2D eigenvalue weighted by Gasteiger charge is -2.15. The zero-order valence-electron chi connectivity index (χ0n) is 16.8. The fraction of sp³-hybridized carbons (Fsp3) is 0.278. The third-order valence-electron chi connectivity index (χ3n) is 4.33. The highest BCUT2D eigenvalue weighted by Crippen LogP contribution is 2.27. The van der Waals surface area contributed by atoms with Crippen LogP contribution in [0.1, 0.15) is 29.8 Å². The van der Waals surface area contributed by atoms with Crippen LogP contribution in [-0.2, 0) is 27.7 Å². The first-order valence-corrected chi connectivity index (χ1v) is 10.9. The van der Waals surface area contributed by atoms with E-state index in [0.29, 0.717) is 16.8 Å². The van der Waals surface area contributed by atoms with Crippen LogP contribution in [0.2, 0.25) is 5.15 Å². The Kier molecular flexibility index (Phi) is 6.53. The summed E-state index contributed by atoms with van der Waals surface area (Å²) >= 11 is 6.04. The third kappa shape index (κ3) is 5.54. The minimum atomic E-state index is -4.22. The number of aryl methyl sites for hydroxylation is 2. The van der Waals surface area contributed by atoms with Gasteiger partial charge in [0, 0.05) is 36.3 Å². The Morgan fingerprint density at radius 1 is 1.35 bits per heavy atom. The van der Waals surface area contributed by atoms with E-state index in [-0.39, 0.29) is 22.4 Å². The first kappa shape index (κ1) is 22.6. The monoisotopic (exact) mass is 466 g/mol. The van der Waals surface area contributed by atoms with E-state index < -0.39 is 28.1 Å². The molecule has 0 aliphatic carbocycles. The number of hydrogen-bond donors (Lipinski definition) is 2. The van der Waals surface area contributed by atoms with Crippen molar-refractivity contribution in [1.82, 2.24) is 24.7 Å². The van der Waals surface area contributed by atoms with Crippen LogP contribution in [-0.4, -0.2) is 43.8 Å². The highest BCUT2D eigenvalue weighted by atomic mass is 35.5. The lowest BCUT2D eigenvalue weighted by Crippen LogP contribution is -2.19. The van der Waals surface area contributed by atoms with Crippen molar-refractivity contribution in [2.45, 2.75) is 25.7 Å². The summed E-state index contributed by atoms with van der Waals surface area (Å²) in [6, 6.07) is 3.39. The van der Waals surface area contributed by atoms with Gasteiger partial charge >= 0.3 is 6.09 Å². The van der Waals surface area contributed by atoms with Gasteiger partial charge in [-0.25, -0.2) is 19.7 Å². The maximum Gasteiger partial charge on any atom is 0.413 e. The van der Waals surface area contributed by atoms with Crippen molar-refractivity contribution in [1.29, 1.82) is 0 Å². The molecule has 0 fully saturated rings. The number of pyridine rings is 1. The molecule has 0 bridgehead atoms. The molecule has 13 heteroatoms. The van der Waals surface area contributed by atoms with Gasteiger partial charge in [0.25, 0.3) is 10.1 Å². The number of ether oxygens (including phenoxy) is 1. The molecule has 11 nitrogen and oxygen atoms in total. The number of carbonyl (C=O) groups is 1. The molecule has 0 aliphatic heterocycles. The molecule has 31 heavy (non-hydrogen) atoms. The summed E-state index contributed by atoms with van der Waals surface area (Å²) in [4.78, 5) is 24.8. The number of rotatable bonds is 6. The molecule has 0 aromatic carbocycles. The van der Waals surface area contributed by atoms with Gasteiger partial charge < -0.3 is 4.74 Å². The van der Waals surface area contributed by atoms with E-state index in [1.54, 1.807) is 33.0 Å². The molecule has 0 radical (unpaired) electrons. The number of hydrogen-bond acceptors (Lipinski definition) is 8. The fourth-order valence-electron chi connectivity index (χ4n) is 2.76. The van der Waals surface area contributed by atoms with Gasteiger partial charge in [0.2, 0.25) is 0 Å². The molecule has 3 aromatic rings. The molecule has 3 heterocycles. The summed E-state index contributed by atoms with van der Waals surface area (Å²) in [6.45, 7) is 3.25. The molecule has 0 aliphatic rings. The molecular formula is C18H19ClN6O5S. The molecular weight excluding hydrogens is 448 g/mol. The number of halogens is 1. The highest BCUT2D eigenvalue weighted by molar-refractivity contribution is 7.85. The second kappa shape index (κ2) is 8.96. The maximum absolute atomic E-state index is 12.4. The predicted molar refractivity (Wildman–Crippen MR) is 112 cm³/mol. The van der Waals surface area contributed by atoms with E-state index in [9.17, 15) is 13.2 Å². The van der Waals surface area contributed by atoms with Crippen LogP contribution in [0.15, 0.2) is 30.7 Å². The van der Waals surface area contributed by atoms with Gasteiger partial charge in [0.15, 0.2) is 5.82 Å². The first-order valence-electron chi connectivity index (χ1n) is 8.93. The summed E-state index contributed by atoms with van der Waals surface area (Å²) in [5, 5.41) is 6.95. The lowest BCUT2D eigenvalue weighted by molar-refractivity contribution is 0.121.